The fourth-order valence-electron chi connectivity index (χ4n) is 4.36. The van der Waals surface area contributed by atoms with Crippen molar-refractivity contribution in [2.45, 2.75) is 13.0 Å². The number of hydrogen-bond donors (Lipinski definition) is 0. The van der Waals surface area contributed by atoms with Gasteiger partial charge in [0.1, 0.15) is 0 Å². The Morgan fingerprint density at radius 2 is 1.97 bits per heavy atom. The van der Waals surface area contributed by atoms with Crippen LogP contribution in [0, 0.1) is 11.3 Å². The third kappa shape index (κ3) is 2.71. The van der Waals surface area contributed by atoms with Crippen molar-refractivity contribution in [2.75, 3.05) is 13.7 Å². The van der Waals surface area contributed by atoms with Crippen molar-refractivity contribution in [3.63, 3.8) is 0 Å². The van der Waals surface area contributed by atoms with E-state index in [9.17, 15) is 10.1 Å². The highest BCUT2D eigenvalue weighted by atomic mass is 16.5. The number of nitrogens with zero attached hydrogens (tertiary/aromatic N) is 3. The first-order valence-corrected chi connectivity index (χ1v) is 10.0. The summed E-state index contributed by atoms with van der Waals surface area (Å²) >= 11 is 0. The van der Waals surface area contributed by atoms with Gasteiger partial charge in [0.15, 0.2) is 0 Å². The van der Waals surface area contributed by atoms with Crippen molar-refractivity contribution in [2.24, 2.45) is 0 Å². The smallest absolute Gasteiger partial charge is 0.340 e. The number of aromatic nitrogens is 2. The molecule has 0 spiro atoms. The molecule has 152 valence electrons. The highest BCUT2D eigenvalue weighted by molar-refractivity contribution is 6.03. The van der Waals surface area contributed by atoms with Crippen LogP contribution in [0.3, 0.4) is 0 Å². The van der Waals surface area contributed by atoms with Gasteiger partial charge in [0, 0.05) is 5.57 Å². The Labute approximate surface area is 179 Å². The number of ether oxygens (including phenoxy) is 2. The second-order valence-corrected chi connectivity index (χ2v) is 7.23. The first-order chi connectivity index (χ1) is 15.2. The van der Waals surface area contributed by atoms with Crippen LogP contribution >= 0.6 is 0 Å². The van der Waals surface area contributed by atoms with Crippen molar-refractivity contribution >= 4 is 22.6 Å². The molecule has 3 aromatic rings. The summed E-state index contributed by atoms with van der Waals surface area (Å²) < 4.78 is 12.8. The van der Waals surface area contributed by atoms with Gasteiger partial charge < -0.3 is 9.47 Å². The minimum absolute atomic E-state index is 0.271. The predicted molar refractivity (Wildman–Crippen MR) is 116 cm³/mol. The molecule has 6 heteroatoms. The number of imidazole rings is 1. The Morgan fingerprint density at radius 1 is 1.16 bits per heavy atom. The Balaban J connectivity index is 1.76. The van der Waals surface area contributed by atoms with E-state index < -0.39 is 5.97 Å². The molecule has 0 N–H and O–H groups in total. The van der Waals surface area contributed by atoms with Crippen LogP contribution in [0.15, 0.2) is 77.4 Å². The van der Waals surface area contributed by atoms with Gasteiger partial charge in [-0.25, -0.2) is 4.79 Å². The lowest BCUT2D eigenvalue weighted by atomic mass is 9.69. The summed E-state index contributed by atoms with van der Waals surface area (Å²) in [7, 11) is 1.36. The zero-order valence-corrected chi connectivity index (χ0v) is 17.1. The van der Waals surface area contributed by atoms with E-state index in [-0.39, 0.29) is 6.04 Å². The second-order valence-electron chi connectivity index (χ2n) is 7.23. The number of carbonyl (C=O) groups excluding carboxylic acids is 1. The van der Waals surface area contributed by atoms with Crippen LogP contribution in [0.5, 0.6) is 6.01 Å². The second kappa shape index (κ2) is 7.29. The Morgan fingerprint density at radius 3 is 2.68 bits per heavy atom. The maximum absolute atomic E-state index is 12.5. The minimum atomic E-state index is -0.443. The lowest BCUT2D eigenvalue weighted by Crippen LogP contribution is -2.29. The Bertz CT molecular complexity index is 1350. The fourth-order valence-corrected chi connectivity index (χ4v) is 4.36. The maximum atomic E-state index is 12.5. The van der Waals surface area contributed by atoms with Gasteiger partial charge in [0.05, 0.1) is 48.0 Å². The third-order valence-corrected chi connectivity index (χ3v) is 5.66. The van der Waals surface area contributed by atoms with E-state index in [2.05, 4.69) is 11.1 Å². The molecule has 31 heavy (non-hydrogen) atoms. The standard InChI is InChI=1S/C25H19N3O3/c1-3-31-25-27-20-11-7-10-18(24(29)30-2)22(20)28(25)23-17-13-12-16(21(23)19(17)14-26)15-8-5-4-6-9-15/h4-13,23H,3H2,1-2H3. The molecule has 0 saturated carbocycles. The third-order valence-electron chi connectivity index (χ3n) is 5.66. The zero-order valence-electron chi connectivity index (χ0n) is 17.1. The van der Waals surface area contributed by atoms with Crippen LogP contribution in [0.4, 0.5) is 0 Å². The number of allylic oxidation sites excluding steroid dienone is 6. The number of esters is 1. The summed E-state index contributed by atoms with van der Waals surface area (Å²) in [5.41, 5.74) is 6.15. The molecular formula is C25H19N3O3. The van der Waals surface area contributed by atoms with Gasteiger partial charge in [-0.3, -0.25) is 4.57 Å². The van der Waals surface area contributed by atoms with E-state index in [4.69, 9.17) is 9.47 Å². The topological polar surface area (TPSA) is 77.1 Å². The molecule has 0 aliphatic heterocycles. The summed E-state index contributed by atoms with van der Waals surface area (Å²) in [5.74, 6) is -0.443. The molecule has 1 atom stereocenters. The van der Waals surface area contributed by atoms with Crippen molar-refractivity contribution < 1.29 is 14.3 Å². The van der Waals surface area contributed by atoms with E-state index in [1.165, 1.54) is 7.11 Å². The van der Waals surface area contributed by atoms with Gasteiger partial charge in [-0.15, -0.1) is 0 Å². The van der Waals surface area contributed by atoms with Crippen LogP contribution in [-0.4, -0.2) is 29.2 Å². The number of hydrogen-bond acceptors (Lipinski definition) is 5. The van der Waals surface area contributed by atoms with Crippen molar-refractivity contribution in [1.82, 2.24) is 9.55 Å². The summed E-state index contributed by atoms with van der Waals surface area (Å²) in [6.07, 6.45) is 4.01. The van der Waals surface area contributed by atoms with E-state index in [1.54, 1.807) is 12.1 Å². The molecule has 6 nitrogen and oxygen atoms in total. The van der Waals surface area contributed by atoms with Gasteiger partial charge >= 0.3 is 5.97 Å². The van der Waals surface area contributed by atoms with Crippen molar-refractivity contribution in [3.05, 3.63) is 88.5 Å². The molecule has 1 heterocycles. The molecule has 1 aromatic heterocycles. The summed E-state index contributed by atoms with van der Waals surface area (Å²) in [5, 5.41) is 9.83. The first-order valence-electron chi connectivity index (χ1n) is 10.0. The van der Waals surface area contributed by atoms with Crippen LogP contribution in [0.2, 0.25) is 0 Å². The Hall–Kier alpha value is -4.11. The Kier molecular flexibility index (Phi) is 4.45. The number of rotatable bonds is 5. The summed E-state index contributed by atoms with van der Waals surface area (Å²) in [6, 6.07) is 17.8. The summed E-state index contributed by atoms with van der Waals surface area (Å²) in [6.45, 7) is 2.31. The molecule has 5 rings (SSSR count). The van der Waals surface area contributed by atoms with Crippen molar-refractivity contribution in [1.29, 1.82) is 5.26 Å². The molecule has 0 radical (unpaired) electrons. The highest BCUT2D eigenvalue weighted by Gasteiger charge is 2.43. The highest BCUT2D eigenvalue weighted by Crippen LogP contribution is 2.55. The van der Waals surface area contributed by atoms with Crippen LogP contribution in [-0.2, 0) is 4.74 Å². The van der Waals surface area contributed by atoms with Gasteiger partial charge in [-0.05, 0) is 35.8 Å². The first kappa shape index (κ1) is 18.9. The minimum Gasteiger partial charge on any atom is -0.465 e. The molecule has 0 saturated heterocycles. The number of para-hydroxylation sites is 1. The average molecular weight is 409 g/mol. The molecule has 2 bridgehead atoms. The maximum Gasteiger partial charge on any atom is 0.340 e. The molecular weight excluding hydrogens is 390 g/mol. The van der Waals surface area contributed by atoms with Gasteiger partial charge in [0.25, 0.3) is 6.01 Å². The van der Waals surface area contributed by atoms with E-state index >= 15 is 0 Å². The molecule has 2 aliphatic rings. The lowest BCUT2D eigenvalue weighted by Gasteiger charge is -2.39. The average Bonchev–Trinajstić information content (AvgIpc) is 3.17. The lowest BCUT2D eigenvalue weighted by molar-refractivity contribution is 0.0602. The number of nitriles is 1. The molecule has 0 fully saturated rings. The van der Waals surface area contributed by atoms with Crippen LogP contribution < -0.4 is 4.74 Å². The number of benzene rings is 2. The molecule has 2 aliphatic carbocycles. The van der Waals surface area contributed by atoms with Crippen LogP contribution in [0.1, 0.15) is 28.9 Å². The molecule has 0 amide bonds. The fraction of sp³-hybridized carbons (Fsp3) is 0.160. The van der Waals surface area contributed by atoms with Gasteiger partial charge in [-0.1, -0.05) is 48.6 Å². The van der Waals surface area contributed by atoms with E-state index in [0.717, 1.165) is 22.3 Å². The molecule has 1 unspecified atom stereocenters. The van der Waals surface area contributed by atoms with Crippen molar-refractivity contribution in [3.8, 4) is 12.1 Å². The monoisotopic (exact) mass is 409 g/mol. The number of methoxy groups -OCH3 is 1. The summed E-state index contributed by atoms with van der Waals surface area (Å²) in [4.78, 5) is 17.2. The quantitative estimate of drug-likeness (QED) is 0.575. The van der Waals surface area contributed by atoms with E-state index in [0.29, 0.717) is 34.8 Å². The predicted octanol–water partition coefficient (Wildman–Crippen LogP) is 4.62. The van der Waals surface area contributed by atoms with Gasteiger partial charge in [-0.2, -0.15) is 10.2 Å². The van der Waals surface area contributed by atoms with Gasteiger partial charge in [0.2, 0.25) is 0 Å². The number of fused-ring (bicyclic) bond motifs is 3. The largest absolute Gasteiger partial charge is 0.465 e. The molecule has 2 aromatic carbocycles. The van der Waals surface area contributed by atoms with Crippen LogP contribution in [0.25, 0.3) is 16.6 Å². The SMILES string of the molecule is CCOc1nc2cccc(C(=O)OC)c2n1C1c2ccc(-c3ccccc3)c1c2C#N. The van der Waals surface area contributed by atoms with E-state index in [1.807, 2.05) is 60.0 Å². The zero-order chi connectivity index (χ0) is 21.5. The number of carbonyl (C=O) groups is 1. The normalized spacial score (nSPS) is 16.9.